The van der Waals surface area contributed by atoms with Crippen LogP contribution in [0, 0.1) is 5.82 Å². The van der Waals surface area contributed by atoms with Crippen molar-refractivity contribution >= 4 is 33.3 Å². The summed E-state index contributed by atoms with van der Waals surface area (Å²) in [5.41, 5.74) is 3.53. The average Bonchev–Trinajstić information content (AvgIpc) is 2.96. The van der Waals surface area contributed by atoms with Crippen LogP contribution in [-0.2, 0) is 27.8 Å². The topological polar surface area (TPSA) is 128 Å². The first-order valence-corrected chi connectivity index (χ1v) is 14.3. The number of nitrogens with one attached hydrogen (secondary N) is 3. The van der Waals surface area contributed by atoms with Gasteiger partial charge in [-0.2, -0.15) is 13.2 Å². The van der Waals surface area contributed by atoms with Crippen LogP contribution in [0.1, 0.15) is 28.4 Å². The van der Waals surface area contributed by atoms with Crippen molar-refractivity contribution in [3.8, 4) is 0 Å². The van der Waals surface area contributed by atoms with Crippen molar-refractivity contribution in [2.24, 2.45) is 0 Å². The second-order valence-electron chi connectivity index (χ2n) is 9.18. The summed E-state index contributed by atoms with van der Waals surface area (Å²) in [6.07, 6.45) is -4.14. The molecule has 0 saturated carbocycles. The minimum absolute atomic E-state index is 0.0597. The maximum atomic E-state index is 13.3. The Balaban J connectivity index is 0.000000616. The molecule has 0 atom stereocenters. The number of hydrogen-bond donors (Lipinski definition) is 4. The van der Waals surface area contributed by atoms with Crippen molar-refractivity contribution in [1.82, 2.24) is 10.6 Å². The average molecular weight is 611 g/mol. The molecular weight excluding hydrogens is 580 g/mol. The zero-order valence-electron chi connectivity index (χ0n) is 22.5. The first-order chi connectivity index (χ1) is 19.8. The third-order valence-corrected chi connectivity index (χ3v) is 7.59. The predicted molar refractivity (Wildman–Crippen MR) is 149 cm³/mol. The summed E-state index contributed by atoms with van der Waals surface area (Å²) >= 11 is 0. The van der Waals surface area contributed by atoms with E-state index in [0.29, 0.717) is 36.6 Å². The first kappa shape index (κ1) is 32.3. The van der Waals surface area contributed by atoms with Gasteiger partial charge in [-0.15, -0.1) is 0 Å². The fourth-order valence-electron chi connectivity index (χ4n) is 3.94. The minimum atomic E-state index is -5.08. The molecule has 4 rings (SSSR count). The molecule has 0 unspecified atom stereocenters. The Hall–Kier alpha value is -4.17. The molecular formula is C28H30F4N4O5S. The minimum Gasteiger partial charge on any atom is -0.475 e. The molecule has 226 valence electrons. The highest BCUT2D eigenvalue weighted by Gasteiger charge is 2.38. The van der Waals surface area contributed by atoms with Crippen LogP contribution >= 0.6 is 0 Å². The first-order valence-electron chi connectivity index (χ1n) is 12.8. The largest absolute Gasteiger partial charge is 0.490 e. The van der Waals surface area contributed by atoms with Crippen molar-refractivity contribution in [1.29, 1.82) is 0 Å². The molecule has 0 bridgehead atoms. The fourth-order valence-corrected chi connectivity index (χ4v) is 5.00. The number of carbonyl (C=O) groups excluding carboxylic acids is 1. The Labute approximate surface area is 240 Å². The molecule has 1 aliphatic rings. The van der Waals surface area contributed by atoms with Gasteiger partial charge in [-0.25, -0.2) is 17.6 Å². The monoisotopic (exact) mass is 610 g/mol. The number of carboxylic acids is 1. The van der Waals surface area contributed by atoms with Gasteiger partial charge in [0.2, 0.25) is 0 Å². The molecule has 0 aromatic heterocycles. The molecule has 1 saturated heterocycles. The number of halogens is 4. The molecule has 1 heterocycles. The number of rotatable bonds is 8. The van der Waals surface area contributed by atoms with Gasteiger partial charge in [-0.1, -0.05) is 31.2 Å². The number of nitrogens with zero attached hydrogens (tertiary/aromatic N) is 1. The van der Waals surface area contributed by atoms with Crippen LogP contribution in [0.15, 0.2) is 71.6 Å². The summed E-state index contributed by atoms with van der Waals surface area (Å²) in [7, 11) is -3.99. The SMILES string of the molecule is CCc1ccc(CNC(=O)c2ccc(N3CCNCC3)c(NS(=O)(=O)c3ccc(F)cc3)c2)cc1.O=C(O)C(F)(F)F. The van der Waals surface area contributed by atoms with Crippen LogP contribution in [-0.4, -0.2) is 57.8 Å². The molecule has 1 amide bonds. The van der Waals surface area contributed by atoms with Crippen LogP contribution in [0.2, 0.25) is 0 Å². The van der Waals surface area contributed by atoms with Crippen molar-refractivity contribution in [3.63, 3.8) is 0 Å². The summed E-state index contributed by atoms with van der Waals surface area (Å²) < 4.78 is 73.7. The molecule has 0 radical (unpaired) electrons. The van der Waals surface area contributed by atoms with Gasteiger partial charge >= 0.3 is 12.1 Å². The van der Waals surface area contributed by atoms with E-state index in [9.17, 15) is 30.8 Å². The number of anilines is 2. The van der Waals surface area contributed by atoms with Crippen molar-refractivity contribution in [2.45, 2.75) is 31.0 Å². The van der Waals surface area contributed by atoms with Gasteiger partial charge in [0.25, 0.3) is 15.9 Å². The molecule has 0 spiro atoms. The zero-order chi connectivity index (χ0) is 30.9. The predicted octanol–water partition coefficient (Wildman–Crippen LogP) is 4.16. The van der Waals surface area contributed by atoms with Gasteiger partial charge in [-0.3, -0.25) is 9.52 Å². The van der Waals surface area contributed by atoms with Crippen LogP contribution in [0.25, 0.3) is 0 Å². The molecule has 14 heteroatoms. The van der Waals surface area contributed by atoms with E-state index in [1.54, 1.807) is 18.2 Å². The number of piperazine rings is 1. The van der Waals surface area contributed by atoms with Crippen LogP contribution < -0.4 is 20.3 Å². The number of sulfonamides is 1. The third-order valence-electron chi connectivity index (χ3n) is 6.21. The number of alkyl halides is 3. The summed E-state index contributed by atoms with van der Waals surface area (Å²) in [6, 6.07) is 17.7. The highest BCUT2D eigenvalue weighted by molar-refractivity contribution is 7.92. The molecule has 9 nitrogen and oxygen atoms in total. The number of aliphatic carboxylic acids is 1. The molecule has 42 heavy (non-hydrogen) atoms. The van der Waals surface area contributed by atoms with Crippen LogP contribution in [0.5, 0.6) is 0 Å². The normalized spacial score (nSPS) is 13.5. The number of carbonyl (C=O) groups is 2. The van der Waals surface area contributed by atoms with E-state index in [0.717, 1.165) is 37.2 Å². The lowest BCUT2D eigenvalue weighted by Gasteiger charge is -2.31. The lowest BCUT2D eigenvalue weighted by atomic mass is 10.1. The number of benzene rings is 3. The Morgan fingerprint density at radius 2 is 1.52 bits per heavy atom. The lowest BCUT2D eigenvalue weighted by Crippen LogP contribution is -2.43. The quantitative estimate of drug-likeness (QED) is 0.282. The molecule has 1 fully saturated rings. The lowest BCUT2D eigenvalue weighted by molar-refractivity contribution is -0.192. The van der Waals surface area contributed by atoms with Crippen molar-refractivity contribution in [2.75, 3.05) is 35.8 Å². The second-order valence-corrected chi connectivity index (χ2v) is 10.9. The van der Waals surface area contributed by atoms with Crippen molar-refractivity contribution in [3.05, 3.63) is 89.2 Å². The smallest absolute Gasteiger partial charge is 0.475 e. The fraction of sp³-hybridized carbons (Fsp3) is 0.286. The Morgan fingerprint density at radius 3 is 2.07 bits per heavy atom. The second kappa shape index (κ2) is 14.1. The van der Waals surface area contributed by atoms with E-state index in [1.165, 1.54) is 17.7 Å². The van der Waals surface area contributed by atoms with Gasteiger partial charge in [0, 0.05) is 38.3 Å². The standard InChI is InChI=1S/C26H29FN4O3S.C2HF3O2/c1-2-19-3-5-20(6-4-19)18-29-26(32)21-7-12-25(31-15-13-28-14-16-31)24(17-21)30-35(33,34)23-10-8-22(27)9-11-23;3-2(4,5)1(6)7/h3-12,17,28,30H,2,13-16,18H2,1H3,(H,29,32);(H,6,7). The molecule has 0 aliphatic carbocycles. The van der Waals surface area contributed by atoms with E-state index in [-0.39, 0.29) is 10.8 Å². The van der Waals surface area contributed by atoms with E-state index in [1.807, 2.05) is 24.3 Å². The van der Waals surface area contributed by atoms with Crippen LogP contribution in [0.3, 0.4) is 0 Å². The summed E-state index contributed by atoms with van der Waals surface area (Å²) in [6.45, 7) is 5.38. The number of hydrogen-bond acceptors (Lipinski definition) is 6. The van der Waals surface area contributed by atoms with Crippen molar-refractivity contribution < 1.29 is 40.7 Å². The van der Waals surface area contributed by atoms with E-state index in [2.05, 4.69) is 27.2 Å². The molecule has 4 N–H and O–H groups in total. The van der Waals surface area contributed by atoms with E-state index < -0.39 is 28.0 Å². The Bertz CT molecular complexity index is 1480. The third kappa shape index (κ3) is 9.17. The van der Waals surface area contributed by atoms with Gasteiger partial charge < -0.3 is 20.6 Å². The Kier molecular flexibility index (Phi) is 10.9. The number of amides is 1. The van der Waals surface area contributed by atoms with E-state index in [4.69, 9.17) is 9.90 Å². The van der Waals surface area contributed by atoms with Gasteiger partial charge in [0.05, 0.1) is 16.3 Å². The number of carboxylic acid groups (broad SMARTS) is 1. The molecule has 3 aromatic rings. The maximum absolute atomic E-state index is 13.3. The van der Waals surface area contributed by atoms with Gasteiger partial charge in [0.15, 0.2) is 0 Å². The van der Waals surface area contributed by atoms with Gasteiger partial charge in [0.1, 0.15) is 5.82 Å². The summed E-state index contributed by atoms with van der Waals surface area (Å²) in [4.78, 5) is 23.8. The highest BCUT2D eigenvalue weighted by atomic mass is 32.2. The Morgan fingerprint density at radius 1 is 0.952 bits per heavy atom. The zero-order valence-corrected chi connectivity index (χ0v) is 23.4. The molecule has 3 aromatic carbocycles. The summed E-state index contributed by atoms with van der Waals surface area (Å²) in [5, 5.41) is 13.3. The van der Waals surface area contributed by atoms with Gasteiger partial charge in [-0.05, 0) is 60.0 Å². The molecule has 1 aliphatic heterocycles. The van der Waals surface area contributed by atoms with Crippen LogP contribution in [0.4, 0.5) is 28.9 Å². The van der Waals surface area contributed by atoms with E-state index >= 15 is 0 Å². The maximum Gasteiger partial charge on any atom is 0.490 e. The summed E-state index contributed by atoms with van der Waals surface area (Å²) in [5.74, 6) is -3.58. The number of aryl methyl sites for hydroxylation is 1. The highest BCUT2D eigenvalue weighted by Crippen LogP contribution is 2.30.